The zero-order valence-electron chi connectivity index (χ0n) is 15.8. The van der Waals surface area contributed by atoms with Gasteiger partial charge in [-0.1, -0.05) is 18.2 Å². The molecule has 4 nitrogen and oxygen atoms in total. The molecule has 3 rings (SSSR count). The van der Waals surface area contributed by atoms with Crippen LogP contribution in [0.2, 0.25) is 0 Å². The number of nitrogens with zero attached hydrogens (tertiary/aromatic N) is 2. The Bertz CT molecular complexity index is 1030. The van der Waals surface area contributed by atoms with Crippen molar-refractivity contribution in [3.8, 4) is 5.69 Å². The van der Waals surface area contributed by atoms with Gasteiger partial charge in [0.2, 0.25) is 5.91 Å². The maximum Gasteiger partial charge on any atom is 0.416 e. The summed E-state index contributed by atoms with van der Waals surface area (Å²) in [6.07, 6.45) is -4.30. The highest BCUT2D eigenvalue weighted by Crippen LogP contribution is 2.32. The molecule has 1 heterocycles. The first-order valence-corrected chi connectivity index (χ1v) is 8.94. The monoisotopic (exact) mass is 405 g/mol. The van der Waals surface area contributed by atoms with Gasteiger partial charge >= 0.3 is 6.18 Å². The number of halogens is 4. The molecule has 3 aromatic rings. The van der Waals surface area contributed by atoms with Crippen LogP contribution in [0.1, 0.15) is 28.9 Å². The molecule has 0 radical (unpaired) electrons. The molecule has 0 bridgehead atoms. The SMILES string of the molecule is Cc1nn(-c2ccccc2)c(C)c1CCC(=O)Nc1cc(C(F)(F)F)ccc1F. The Morgan fingerprint density at radius 3 is 2.45 bits per heavy atom. The maximum absolute atomic E-state index is 13.8. The molecular weight excluding hydrogens is 386 g/mol. The van der Waals surface area contributed by atoms with Gasteiger partial charge in [-0.3, -0.25) is 4.79 Å². The fourth-order valence-electron chi connectivity index (χ4n) is 3.11. The fraction of sp³-hybridized carbons (Fsp3) is 0.238. The van der Waals surface area contributed by atoms with Crippen molar-refractivity contribution in [3.05, 3.63) is 76.9 Å². The summed E-state index contributed by atoms with van der Waals surface area (Å²) >= 11 is 0. The lowest BCUT2D eigenvalue weighted by atomic mass is 10.1. The van der Waals surface area contributed by atoms with E-state index in [1.54, 1.807) is 4.68 Å². The van der Waals surface area contributed by atoms with E-state index in [1.165, 1.54) is 0 Å². The Hall–Kier alpha value is -3.16. The second-order valence-electron chi connectivity index (χ2n) is 6.64. The van der Waals surface area contributed by atoms with Crippen molar-refractivity contribution in [2.75, 3.05) is 5.32 Å². The number of hydrogen-bond donors (Lipinski definition) is 1. The molecule has 2 aromatic carbocycles. The van der Waals surface area contributed by atoms with Crippen molar-refractivity contribution < 1.29 is 22.4 Å². The third kappa shape index (κ3) is 4.64. The van der Waals surface area contributed by atoms with Gasteiger partial charge in [0.1, 0.15) is 5.82 Å². The summed E-state index contributed by atoms with van der Waals surface area (Å²) in [5.41, 5.74) is 1.86. The molecule has 29 heavy (non-hydrogen) atoms. The molecule has 8 heteroatoms. The van der Waals surface area contributed by atoms with Crippen molar-refractivity contribution in [3.63, 3.8) is 0 Å². The third-order valence-electron chi connectivity index (χ3n) is 4.61. The van der Waals surface area contributed by atoms with Gasteiger partial charge in [0.25, 0.3) is 0 Å². The largest absolute Gasteiger partial charge is 0.416 e. The van der Waals surface area contributed by atoms with Crippen molar-refractivity contribution >= 4 is 11.6 Å². The van der Waals surface area contributed by atoms with Crippen LogP contribution in [-0.2, 0) is 17.4 Å². The Labute approximate surface area is 165 Å². The van der Waals surface area contributed by atoms with E-state index in [4.69, 9.17) is 0 Å². The van der Waals surface area contributed by atoms with Crippen molar-refractivity contribution in [2.24, 2.45) is 0 Å². The molecular formula is C21H19F4N3O. The minimum atomic E-state index is -4.62. The molecule has 0 aliphatic heterocycles. The maximum atomic E-state index is 13.8. The Morgan fingerprint density at radius 1 is 1.10 bits per heavy atom. The van der Waals surface area contributed by atoms with Gasteiger partial charge in [-0.15, -0.1) is 0 Å². The summed E-state index contributed by atoms with van der Waals surface area (Å²) in [4.78, 5) is 12.2. The lowest BCUT2D eigenvalue weighted by Crippen LogP contribution is -2.15. The molecule has 1 amide bonds. The topological polar surface area (TPSA) is 46.9 Å². The third-order valence-corrected chi connectivity index (χ3v) is 4.61. The predicted octanol–water partition coefficient (Wildman–Crippen LogP) is 5.22. The summed E-state index contributed by atoms with van der Waals surface area (Å²) in [5, 5.41) is 6.72. The van der Waals surface area contributed by atoms with E-state index < -0.39 is 29.2 Å². The highest BCUT2D eigenvalue weighted by atomic mass is 19.4. The number of benzene rings is 2. The molecule has 0 saturated heterocycles. The molecule has 1 aromatic heterocycles. The van der Waals surface area contributed by atoms with Crippen molar-refractivity contribution in [2.45, 2.75) is 32.9 Å². The first-order chi connectivity index (χ1) is 13.7. The van der Waals surface area contributed by atoms with Gasteiger partial charge in [0.05, 0.1) is 22.6 Å². The zero-order chi connectivity index (χ0) is 21.2. The Balaban J connectivity index is 1.72. The molecule has 0 saturated carbocycles. The number of aromatic nitrogens is 2. The number of para-hydroxylation sites is 1. The minimum Gasteiger partial charge on any atom is -0.324 e. The van der Waals surface area contributed by atoms with E-state index in [2.05, 4.69) is 10.4 Å². The summed E-state index contributed by atoms with van der Waals surface area (Å²) in [5.74, 6) is -1.50. The van der Waals surface area contributed by atoms with E-state index in [1.807, 2.05) is 44.2 Å². The van der Waals surface area contributed by atoms with Crippen LogP contribution in [0.25, 0.3) is 5.69 Å². The van der Waals surface area contributed by atoms with Crippen LogP contribution in [0.15, 0.2) is 48.5 Å². The smallest absolute Gasteiger partial charge is 0.324 e. The van der Waals surface area contributed by atoms with E-state index in [9.17, 15) is 22.4 Å². The van der Waals surface area contributed by atoms with Gasteiger partial charge in [-0.25, -0.2) is 9.07 Å². The van der Waals surface area contributed by atoms with Crippen molar-refractivity contribution in [1.29, 1.82) is 0 Å². The number of hydrogen-bond acceptors (Lipinski definition) is 2. The molecule has 0 unspecified atom stereocenters. The Kier molecular flexibility index (Phi) is 5.72. The molecule has 0 spiro atoms. The number of nitrogens with one attached hydrogen (secondary N) is 1. The number of alkyl halides is 3. The van der Waals surface area contributed by atoms with Crippen LogP contribution in [0, 0.1) is 19.7 Å². The van der Waals surface area contributed by atoms with Crippen LogP contribution in [-0.4, -0.2) is 15.7 Å². The van der Waals surface area contributed by atoms with Crippen LogP contribution in [0.4, 0.5) is 23.2 Å². The first kappa shape index (κ1) is 20.6. The van der Waals surface area contributed by atoms with E-state index in [-0.39, 0.29) is 6.42 Å². The molecule has 152 valence electrons. The van der Waals surface area contributed by atoms with Crippen LogP contribution in [0.3, 0.4) is 0 Å². The lowest BCUT2D eigenvalue weighted by Gasteiger charge is -2.11. The summed E-state index contributed by atoms with van der Waals surface area (Å²) in [6.45, 7) is 3.71. The normalized spacial score (nSPS) is 11.5. The zero-order valence-corrected chi connectivity index (χ0v) is 15.8. The molecule has 0 fully saturated rings. The number of aryl methyl sites for hydroxylation is 1. The number of carbonyl (C=O) groups is 1. The summed E-state index contributed by atoms with van der Waals surface area (Å²) in [6, 6.07) is 11.4. The summed E-state index contributed by atoms with van der Waals surface area (Å²) < 4.78 is 54.0. The summed E-state index contributed by atoms with van der Waals surface area (Å²) in [7, 11) is 0. The van der Waals surface area contributed by atoms with Crippen molar-refractivity contribution in [1.82, 2.24) is 9.78 Å². The van der Waals surface area contributed by atoms with E-state index in [0.717, 1.165) is 22.6 Å². The van der Waals surface area contributed by atoms with Gasteiger partial charge in [-0.2, -0.15) is 18.3 Å². The average Bonchev–Trinajstić information content (AvgIpc) is 2.95. The first-order valence-electron chi connectivity index (χ1n) is 8.94. The number of amides is 1. The average molecular weight is 405 g/mol. The number of anilines is 1. The Morgan fingerprint density at radius 2 is 1.79 bits per heavy atom. The molecule has 0 aliphatic rings. The standard InChI is InChI=1S/C21H19F4N3O/c1-13-17(14(2)28(27-13)16-6-4-3-5-7-16)9-11-20(29)26-19-12-15(21(23,24)25)8-10-18(19)22/h3-8,10,12H,9,11H2,1-2H3,(H,26,29). The molecule has 0 atom stereocenters. The quantitative estimate of drug-likeness (QED) is 0.592. The van der Waals surface area contributed by atoms with E-state index >= 15 is 0 Å². The molecule has 1 N–H and O–H groups in total. The second-order valence-corrected chi connectivity index (χ2v) is 6.64. The lowest BCUT2D eigenvalue weighted by molar-refractivity contribution is -0.137. The minimum absolute atomic E-state index is 0.0160. The predicted molar refractivity (Wildman–Crippen MR) is 101 cm³/mol. The highest BCUT2D eigenvalue weighted by Gasteiger charge is 2.31. The molecule has 0 aliphatic carbocycles. The van der Waals surface area contributed by atoms with Gasteiger partial charge in [-0.05, 0) is 56.2 Å². The van der Waals surface area contributed by atoms with E-state index in [0.29, 0.717) is 24.6 Å². The van der Waals surface area contributed by atoms with Crippen LogP contribution >= 0.6 is 0 Å². The van der Waals surface area contributed by atoms with Gasteiger partial charge in [0, 0.05) is 12.1 Å². The van der Waals surface area contributed by atoms with Gasteiger partial charge in [0.15, 0.2) is 0 Å². The second kappa shape index (κ2) is 8.06. The number of rotatable bonds is 5. The fourth-order valence-corrected chi connectivity index (χ4v) is 3.11. The van der Waals surface area contributed by atoms with Crippen LogP contribution < -0.4 is 5.32 Å². The van der Waals surface area contributed by atoms with Gasteiger partial charge < -0.3 is 5.32 Å². The number of carbonyl (C=O) groups excluding carboxylic acids is 1. The highest BCUT2D eigenvalue weighted by molar-refractivity contribution is 5.91. The van der Waals surface area contributed by atoms with Crippen LogP contribution in [0.5, 0.6) is 0 Å².